The molecule has 0 amide bonds. The van der Waals surface area contributed by atoms with Gasteiger partial charge in [0.25, 0.3) is 0 Å². The van der Waals surface area contributed by atoms with E-state index in [0.717, 1.165) is 12.8 Å². The second-order valence-corrected chi connectivity index (χ2v) is 18.1. The fraction of sp³-hybridized carbons (Fsp3) is 0.129. The summed E-state index contributed by atoms with van der Waals surface area (Å²) in [6.45, 7) is 7.36. The van der Waals surface area contributed by atoms with Crippen molar-refractivity contribution in [2.75, 3.05) is 0 Å². The number of benzene rings is 9. The first-order valence-corrected chi connectivity index (χ1v) is 23.7. The van der Waals surface area contributed by atoms with Crippen LogP contribution in [0.1, 0.15) is 44.1 Å². The Balaban J connectivity index is 0.000000616. The number of para-hydroxylation sites is 3. The maximum absolute atomic E-state index is 4.18. The minimum Gasteiger partial charge on any atom is -0.343 e. The van der Waals surface area contributed by atoms with Crippen LogP contribution in [0.2, 0.25) is 0 Å². The average Bonchev–Trinajstić information content (AvgIpc) is 3.60. The van der Waals surface area contributed by atoms with E-state index < -0.39 is 0 Å². The van der Waals surface area contributed by atoms with Crippen molar-refractivity contribution in [3.8, 4) is 16.8 Å². The van der Waals surface area contributed by atoms with Gasteiger partial charge in [-0.05, 0) is 84.6 Å². The molecule has 0 saturated carbocycles. The monoisotopic (exact) mass is 867 g/mol. The van der Waals surface area contributed by atoms with Crippen molar-refractivity contribution in [3.63, 3.8) is 0 Å². The summed E-state index contributed by atoms with van der Waals surface area (Å²) in [6, 6.07) is 72.8. The molecule has 1 aliphatic heterocycles. The van der Waals surface area contributed by atoms with Crippen molar-refractivity contribution in [1.82, 2.24) is 23.9 Å². The molecule has 0 spiro atoms. The van der Waals surface area contributed by atoms with E-state index in [1.54, 1.807) is 0 Å². The summed E-state index contributed by atoms with van der Waals surface area (Å²) in [7, 11) is 2.25. The van der Waals surface area contributed by atoms with Gasteiger partial charge in [-0.2, -0.15) is 0 Å². The molecule has 13 rings (SSSR count). The lowest BCUT2D eigenvalue weighted by Crippen LogP contribution is -2.34. The van der Waals surface area contributed by atoms with E-state index in [-0.39, 0.29) is 6.29 Å². The third-order valence-electron chi connectivity index (χ3n) is 14.1. The molecule has 326 valence electrons. The van der Waals surface area contributed by atoms with Crippen molar-refractivity contribution in [1.29, 1.82) is 0 Å². The predicted molar refractivity (Wildman–Crippen MR) is 284 cm³/mol. The Morgan fingerprint density at radius 1 is 0.507 bits per heavy atom. The van der Waals surface area contributed by atoms with Gasteiger partial charge in [-0.25, -0.2) is 0 Å². The van der Waals surface area contributed by atoms with E-state index >= 15 is 0 Å². The van der Waals surface area contributed by atoms with Crippen molar-refractivity contribution >= 4 is 76.2 Å². The van der Waals surface area contributed by atoms with Crippen LogP contribution in [-0.4, -0.2) is 18.6 Å². The Morgan fingerprint density at radius 2 is 1.13 bits per heavy atom. The second-order valence-electron chi connectivity index (χ2n) is 18.1. The zero-order valence-corrected chi connectivity index (χ0v) is 38.5. The standard InChI is InChI=1S/C55H45N5.C7H8/c1-4-17-46-35(2)58(46)55(56-34-36-28-30-43-41-24-13-15-26-47(41)59(50(43)32-36)39-21-9-6-10-22-39)60-48-27-16-14-25-42(48)44-33-45-52-40-23-12-11-18-37(40)29-31-49(52)57(3)53(45)51(54(44)60)38-19-7-5-8-20-38;1-7-5-3-2-4-6-7/h5-16,18-33,55-56H,4,17,34H2,1-3H3;2-6H,1H3. The molecule has 0 radical (unpaired) electrons. The fourth-order valence-corrected chi connectivity index (χ4v) is 11.0. The van der Waals surface area contributed by atoms with Crippen LogP contribution < -0.4 is 5.32 Å². The first kappa shape index (κ1) is 40.6. The van der Waals surface area contributed by atoms with Gasteiger partial charge in [0.15, 0.2) is 6.29 Å². The Hall–Kier alpha value is -7.86. The normalized spacial score (nSPS) is 13.2. The number of fused-ring (bicyclic) bond motifs is 11. The van der Waals surface area contributed by atoms with Gasteiger partial charge < -0.3 is 18.6 Å². The van der Waals surface area contributed by atoms with Crippen molar-refractivity contribution in [2.45, 2.75) is 46.4 Å². The van der Waals surface area contributed by atoms with Gasteiger partial charge >= 0.3 is 0 Å². The highest BCUT2D eigenvalue weighted by Gasteiger charge is 2.38. The van der Waals surface area contributed by atoms with Crippen LogP contribution in [0.3, 0.4) is 0 Å². The fourth-order valence-electron chi connectivity index (χ4n) is 11.0. The van der Waals surface area contributed by atoms with E-state index in [2.05, 4.69) is 234 Å². The number of aryl methyl sites for hydroxylation is 2. The Labute approximate surface area is 391 Å². The number of hydrogen-bond donors (Lipinski definition) is 1. The molecule has 9 aromatic carbocycles. The third-order valence-corrected chi connectivity index (χ3v) is 14.1. The first-order valence-electron chi connectivity index (χ1n) is 23.7. The number of hydrogen-bond acceptors (Lipinski definition) is 2. The lowest BCUT2D eigenvalue weighted by Gasteiger charge is -2.28. The van der Waals surface area contributed by atoms with Crippen LogP contribution in [0.4, 0.5) is 0 Å². The quantitative estimate of drug-likeness (QED) is 0.157. The highest BCUT2D eigenvalue weighted by atomic mass is 15.5. The summed E-state index contributed by atoms with van der Waals surface area (Å²) in [5, 5.41) is 14.4. The number of nitrogens with one attached hydrogen (secondary N) is 1. The van der Waals surface area contributed by atoms with Crippen LogP contribution in [0.5, 0.6) is 0 Å². The first-order chi connectivity index (χ1) is 33.0. The molecule has 1 unspecified atom stereocenters. The largest absolute Gasteiger partial charge is 0.343 e. The summed E-state index contributed by atoms with van der Waals surface area (Å²) >= 11 is 0. The molecule has 0 bridgehead atoms. The SMILES string of the molecule is CCCC1=C(C)N1C(NCc1ccc2c3ccccc3n(-c3ccccc3)c2c1)n1c2ccccc2c2cc3c4c5ccccc5ccc4n(C)c3c(-c3ccccc3)c21.Cc1ccccc1. The number of nitrogens with zero attached hydrogens (tertiary/aromatic N) is 4. The van der Waals surface area contributed by atoms with Crippen LogP contribution in [0.25, 0.3) is 93.0 Å². The van der Waals surface area contributed by atoms with Crippen LogP contribution >= 0.6 is 0 Å². The minimum absolute atomic E-state index is 0.153. The van der Waals surface area contributed by atoms with E-state index in [1.807, 2.05) is 18.2 Å². The molecule has 0 aliphatic carbocycles. The van der Waals surface area contributed by atoms with Crippen LogP contribution in [0.15, 0.2) is 212 Å². The Bertz CT molecular complexity index is 3850. The van der Waals surface area contributed by atoms with Gasteiger partial charge in [0.2, 0.25) is 0 Å². The van der Waals surface area contributed by atoms with Crippen LogP contribution in [0, 0.1) is 6.92 Å². The molecule has 12 aromatic rings. The van der Waals surface area contributed by atoms with Gasteiger partial charge in [-0.3, -0.25) is 5.32 Å². The maximum atomic E-state index is 4.18. The van der Waals surface area contributed by atoms with E-state index in [9.17, 15) is 0 Å². The molecule has 0 saturated heterocycles. The highest BCUT2D eigenvalue weighted by Crippen LogP contribution is 2.49. The summed E-state index contributed by atoms with van der Waals surface area (Å²) in [4.78, 5) is 2.56. The number of allylic oxidation sites excluding steroid dienone is 2. The average molecular weight is 868 g/mol. The van der Waals surface area contributed by atoms with Crippen molar-refractivity contribution in [3.05, 3.63) is 223 Å². The third kappa shape index (κ3) is 6.72. The van der Waals surface area contributed by atoms with E-state index in [0.29, 0.717) is 6.54 Å². The van der Waals surface area contributed by atoms with Gasteiger partial charge in [0, 0.05) is 74.1 Å². The van der Waals surface area contributed by atoms with Gasteiger partial charge in [0.1, 0.15) is 0 Å². The molecule has 5 nitrogen and oxygen atoms in total. The smallest absolute Gasteiger partial charge is 0.166 e. The number of rotatable bonds is 9. The summed E-state index contributed by atoms with van der Waals surface area (Å²) < 4.78 is 7.47. The van der Waals surface area contributed by atoms with E-state index in [1.165, 1.54) is 116 Å². The molecule has 67 heavy (non-hydrogen) atoms. The Kier molecular flexibility index (Phi) is 10.0. The van der Waals surface area contributed by atoms with Crippen molar-refractivity contribution < 1.29 is 0 Å². The molecule has 1 aliphatic rings. The zero-order chi connectivity index (χ0) is 45.2. The predicted octanol–water partition coefficient (Wildman–Crippen LogP) is 15.9. The van der Waals surface area contributed by atoms with Gasteiger partial charge in [0.05, 0.1) is 27.6 Å². The maximum Gasteiger partial charge on any atom is 0.166 e. The van der Waals surface area contributed by atoms with Gasteiger partial charge in [-0.15, -0.1) is 0 Å². The summed E-state index contributed by atoms with van der Waals surface area (Å²) in [5.74, 6) is 0. The number of aromatic nitrogens is 3. The Morgan fingerprint density at radius 3 is 1.85 bits per heavy atom. The second kappa shape index (κ2) is 16.5. The zero-order valence-electron chi connectivity index (χ0n) is 38.5. The molecular weight excluding hydrogens is 815 g/mol. The highest BCUT2D eigenvalue weighted by molar-refractivity contribution is 6.29. The lowest BCUT2D eigenvalue weighted by atomic mass is 9.96. The molecule has 1 N–H and O–H groups in total. The summed E-state index contributed by atoms with van der Waals surface area (Å²) in [5.41, 5.74) is 16.4. The van der Waals surface area contributed by atoms with E-state index in [4.69, 9.17) is 0 Å². The molecule has 4 heterocycles. The molecule has 0 fully saturated rings. The van der Waals surface area contributed by atoms with Crippen molar-refractivity contribution in [2.24, 2.45) is 7.05 Å². The topological polar surface area (TPSA) is 29.8 Å². The van der Waals surface area contributed by atoms with Gasteiger partial charge in [-0.1, -0.05) is 177 Å². The minimum atomic E-state index is -0.153. The lowest BCUT2D eigenvalue weighted by molar-refractivity contribution is 0.250. The van der Waals surface area contributed by atoms with Crippen LogP contribution in [-0.2, 0) is 13.6 Å². The molecular formula is C62H53N5. The molecule has 1 atom stereocenters. The summed E-state index contributed by atoms with van der Waals surface area (Å²) in [6.07, 6.45) is 2.00. The molecule has 5 heteroatoms. The molecule has 3 aromatic heterocycles.